The summed E-state index contributed by atoms with van der Waals surface area (Å²) in [5.41, 5.74) is 1.04. The van der Waals surface area contributed by atoms with Crippen LogP contribution in [0.25, 0.3) is 0 Å². The second kappa shape index (κ2) is 11.1. The van der Waals surface area contributed by atoms with Gasteiger partial charge in [-0.2, -0.15) is 0 Å². The van der Waals surface area contributed by atoms with Crippen LogP contribution in [0.1, 0.15) is 61.9 Å². The lowest BCUT2D eigenvalue weighted by Crippen LogP contribution is -2.53. The molecular formula is C24H33N5O3S. The predicted octanol–water partition coefficient (Wildman–Crippen LogP) is 3.88. The molecule has 2 aliphatic heterocycles. The number of pyridine rings is 1. The van der Waals surface area contributed by atoms with Crippen LogP contribution in [0, 0.1) is 0 Å². The number of amides is 1. The number of hydrogen-bond donors (Lipinski definition) is 2. The Hall–Kier alpha value is -2.52. The summed E-state index contributed by atoms with van der Waals surface area (Å²) in [5, 5.41) is 13.4. The van der Waals surface area contributed by atoms with E-state index in [0.29, 0.717) is 25.6 Å². The van der Waals surface area contributed by atoms with Crippen molar-refractivity contribution in [1.82, 2.24) is 19.8 Å². The van der Waals surface area contributed by atoms with E-state index in [1.165, 1.54) is 4.88 Å². The largest absolute Gasteiger partial charge is 0.480 e. The van der Waals surface area contributed by atoms with Gasteiger partial charge in [0.05, 0.1) is 12.6 Å². The van der Waals surface area contributed by atoms with Gasteiger partial charge < -0.3 is 15.3 Å². The number of piperidine rings is 2. The Morgan fingerprint density at radius 2 is 2.00 bits per heavy atom. The van der Waals surface area contributed by atoms with E-state index in [1.807, 2.05) is 28.1 Å². The summed E-state index contributed by atoms with van der Waals surface area (Å²) < 4.78 is 0. The third-order valence-electron chi connectivity index (χ3n) is 6.52. The van der Waals surface area contributed by atoms with Gasteiger partial charge in [0.1, 0.15) is 5.82 Å². The van der Waals surface area contributed by atoms with Crippen LogP contribution in [-0.2, 0) is 16.0 Å². The van der Waals surface area contributed by atoms with Crippen molar-refractivity contribution in [2.75, 3.05) is 31.5 Å². The van der Waals surface area contributed by atoms with Crippen molar-refractivity contribution in [1.29, 1.82) is 0 Å². The van der Waals surface area contributed by atoms with Gasteiger partial charge in [-0.1, -0.05) is 25.8 Å². The van der Waals surface area contributed by atoms with E-state index in [4.69, 9.17) is 4.98 Å². The van der Waals surface area contributed by atoms with Crippen LogP contribution < -0.4 is 5.32 Å². The van der Waals surface area contributed by atoms with Gasteiger partial charge in [-0.05, 0) is 50.8 Å². The summed E-state index contributed by atoms with van der Waals surface area (Å²) in [6, 6.07) is 5.75. The van der Waals surface area contributed by atoms with Crippen LogP contribution in [0.3, 0.4) is 0 Å². The van der Waals surface area contributed by atoms with Crippen LogP contribution in [0.5, 0.6) is 0 Å². The molecule has 0 aliphatic carbocycles. The highest BCUT2D eigenvalue weighted by atomic mass is 32.1. The summed E-state index contributed by atoms with van der Waals surface area (Å²) in [6.07, 6.45) is 8.49. The molecule has 2 aromatic rings. The molecule has 8 nitrogen and oxygen atoms in total. The number of aryl methyl sites for hydroxylation is 1. The average molecular weight is 472 g/mol. The Morgan fingerprint density at radius 3 is 2.76 bits per heavy atom. The number of carboxylic acids is 1. The number of hydrogen-bond acceptors (Lipinski definition) is 7. The maximum Gasteiger partial charge on any atom is 0.317 e. The maximum absolute atomic E-state index is 13.2. The Bertz CT molecular complexity index is 957. The van der Waals surface area contributed by atoms with Crippen LogP contribution in [0.2, 0.25) is 0 Å². The topological polar surface area (TPSA) is 98.7 Å². The van der Waals surface area contributed by atoms with Crippen molar-refractivity contribution in [3.63, 3.8) is 0 Å². The fraction of sp³-hybridized carbons (Fsp3) is 0.583. The summed E-state index contributed by atoms with van der Waals surface area (Å²) in [4.78, 5) is 38.7. The number of carbonyl (C=O) groups excluding carboxylic acids is 1. The highest BCUT2D eigenvalue weighted by Gasteiger charge is 2.34. The molecule has 33 heavy (non-hydrogen) atoms. The van der Waals surface area contributed by atoms with Gasteiger partial charge >= 0.3 is 5.97 Å². The molecule has 0 radical (unpaired) electrons. The SMILES string of the molecule is CCCc1cnc(Nc2cccc(C3CCN(C(=O)[C@@H]4CCCCN4CC(=O)O)CC3)n2)s1. The van der Waals surface area contributed by atoms with Gasteiger partial charge in [0, 0.05) is 35.8 Å². The first kappa shape index (κ1) is 23.6. The van der Waals surface area contributed by atoms with E-state index >= 15 is 0 Å². The molecule has 2 saturated heterocycles. The number of aromatic nitrogens is 2. The zero-order chi connectivity index (χ0) is 23.2. The Labute approximate surface area is 199 Å². The first-order chi connectivity index (χ1) is 16.0. The minimum absolute atomic E-state index is 0.0599. The number of likely N-dealkylation sites (tertiary alicyclic amines) is 2. The number of aliphatic carboxylic acids is 1. The molecule has 0 unspecified atom stereocenters. The molecule has 0 bridgehead atoms. The van der Waals surface area contributed by atoms with Crippen molar-refractivity contribution >= 4 is 34.2 Å². The fourth-order valence-corrected chi connectivity index (χ4v) is 5.75. The van der Waals surface area contributed by atoms with Crippen molar-refractivity contribution in [3.8, 4) is 0 Å². The number of nitrogens with one attached hydrogen (secondary N) is 1. The van der Waals surface area contributed by atoms with E-state index in [1.54, 1.807) is 11.3 Å². The van der Waals surface area contributed by atoms with Crippen molar-refractivity contribution in [2.45, 2.75) is 63.8 Å². The molecule has 4 rings (SSSR count). The standard InChI is InChI=1S/C24H33N5O3S/c1-2-6-18-15-25-24(33-18)27-21-9-5-7-19(26-21)17-10-13-28(14-11-17)23(32)20-8-3-4-12-29(20)16-22(30)31/h5,7,9,15,17,20H,2-4,6,8,10-14,16H2,1H3,(H,30,31)(H,25,26,27)/t20-/m0/s1. The molecule has 2 fully saturated rings. The molecular weight excluding hydrogens is 438 g/mol. The average Bonchev–Trinajstić information content (AvgIpc) is 3.26. The predicted molar refractivity (Wildman–Crippen MR) is 129 cm³/mol. The Morgan fingerprint density at radius 1 is 1.18 bits per heavy atom. The second-order valence-electron chi connectivity index (χ2n) is 8.93. The number of anilines is 2. The molecule has 178 valence electrons. The summed E-state index contributed by atoms with van der Waals surface area (Å²) in [5.74, 6) is 0.330. The number of rotatable bonds is 8. The Kier molecular flexibility index (Phi) is 7.93. The zero-order valence-corrected chi connectivity index (χ0v) is 20.0. The minimum Gasteiger partial charge on any atom is -0.480 e. The highest BCUT2D eigenvalue weighted by Crippen LogP contribution is 2.30. The number of carbonyl (C=O) groups is 2. The lowest BCUT2D eigenvalue weighted by Gasteiger charge is -2.39. The third kappa shape index (κ3) is 6.09. The lowest BCUT2D eigenvalue weighted by atomic mass is 9.92. The van der Waals surface area contributed by atoms with Crippen LogP contribution in [0.15, 0.2) is 24.4 Å². The molecule has 1 amide bonds. The van der Waals surface area contributed by atoms with E-state index in [0.717, 1.165) is 61.6 Å². The lowest BCUT2D eigenvalue weighted by molar-refractivity contribution is -0.144. The quantitative estimate of drug-likeness (QED) is 0.603. The highest BCUT2D eigenvalue weighted by molar-refractivity contribution is 7.15. The molecule has 0 spiro atoms. The smallest absolute Gasteiger partial charge is 0.317 e. The van der Waals surface area contributed by atoms with Crippen molar-refractivity contribution in [3.05, 3.63) is 35.0 Å². The van der Waals surface area contributed by atoms with Gasteiger partial charge in [0.2, 0.25) is 5.91 Å². The fourth-order valence-electron chi connectivity index (χ4n) is 4.83. The summed E-state index contributed by atoms with van der Waals surface area (Å²) >= 11 is 1.67. The van der Waals surface area contributed by atoms with E-state index in [9.17, 15) is 14.7 Å². The van der Waals surface area contributed by atoms with Crippen molar-refractivity contribution < 1.29 is 14.7 Å². The molecule has 2 aromatic heterocycles. The van der Waals surface area contributed by atoms with Gasteiger partial charge in [-0.25, -0.2) is 9.97 Å². The number of nitrogens with zero attached hydrogens (tertiary/aromatic N) is 4. The molecule has 2 N–H and O–H groups in total. The molecule has 9 heteroatoms. The molecule has 0 saturated carbocycles. The summed E-state index contributed by atoms with van der Waals surface area (Å²) in [7, 11) is 0. The van der Waals surface area contributed by atoms with Gasteiger partial charge in [0.25, 0.3) is 0 Å². The Balaban J connectivity index is 1.34. The van der Waals surface area contributed by atoms with Gasteiger partial charge in [-0.3, -0.25) is 14.5 Å². The van der Waals surface area contributed by atoms with Crippen LogP contribution in [0.4, 0.5) is 10.9 Å². The minimum atomic E-state index is -0.868. The summed E-state index contributed by atoms with van der Waals surface area (Å²) in [6.45, 7) is 4.16. The molecule has 2 aliphatic rings. The first-order valence-corrected chi connectivity index (χ1v) is 12.8. The molecule has 0 aromatic carbocycles. The van der Waals surface area contributed by atoms with Crippen molar-refractivity contribution in [2.24, 2.45) is 0 Å². The van der Waals surface area contributed by atoms with Crippen LogP contribution >= 0.6 is 11.3 Å². The third-order valence-corrected chi connectivity index (χ3v) is 7.49. The first-order valence-electron chi connectivity index (χ1n) is 12.0. The number of thiazole rings is 1. The van der Waals surface area contributed by atoms with Gasteiger partial charge in [0.15, 0.2) is 5.13 Å². The molecule has 1 atom stereocenters. The second-order valence-corrected chi connectivity index (χ2v) is 10.0. The molecule has 4 heterocycles. The monoisotopic (exact) mass is 471 g/mol. The van der Waals surface area contributed by atoms with E-state index in [-0.39, 0.29) is 18.5 Å². The van der Waals surface area contributed by atoms with Crippen LogP contribution in [-0.4, -0.2) is 69.0 Å². The van der Waals surface area contributed by atoms with E-state index in [2.05, 4.69) is 23.3 Å². The zero-order valence-electron chi connectivity index (χ0n) is 19.2. The van der Waals surface area contributed by atoms with E-state index < -0.39 is 5.97 Å². The normalized spacial score (nSPS) is 20.0. The number of carboxylic acid groups (broad SMARTS) is 1. The van der Waals surface area contributed by atoms with Gasteiger partial charge in [-0.15, -0.1) is 11.3 Å². The maximum atomic E-state index is 13.2.